The van der Waals surface area contributed by atoms with Gasteiger partial charge in [-0.3, -0.25) is 0 Å². The van der Waals surface area contributed by atoms with Gasteiger partial charge in [0.2, 0.25) is 0 Å². The van der Waals surface area contributed by atoms with Crippen molar-refractivity contribution < 1.29 is 9.84 Å². The quantitative estimate of drug-likeness (QED) is 0.672. The second kappa shape index (κ2) is 6.91. The van der Waals surface area contributed by atoms with E-state index in [0.29, 0.717) is 18.0 Å². The van der Waals surface area contributed by atoms with E-state index in [0.717, 1.165) is 11.4 Å². The number of anilines is 2. The number of ether oxygens (including phenoxy) is 1. The number of nitrogens with one attached hydrogen (secondary N) is 1. The molecule has 0 fully saturated rings. The molecule has 0 aliphatic rings. The molecule has 0 bridgehead atoms. The standard InChI is InChI=1S/C14H24N2O2S/c1-10(2)18-13-6-11(15)5-12(7-13)16-8-14(3,17)9-19-4/h5-7,10,16-17H,8-9,15H2,1-4H3. The third kappa shape index (κ3) is 6.07. The van der Waals surface area contributed by atoms with Crippen molar-refractivity contribution in [2.24, 2.45) is 0 Å². The highest BCUT2D eigenvalue weighted by Gasteiger charge is 2.19. The molecule has 0 heterocycles. The van der Waals surface area contributed by atoms with Gasteiger partial charge in [-0.05, 0) is 33.1 Å². The molecule has 4 N–H and O–H groups in total. The van der Waals surface area contributed by atoms with Crippen LogP contribution in [0.4, 0.5) is 11.4 Å². The van der Waals surface area contributed by atoms with Gasteiger partial charge in [0.25, 0.3) is 0 Å². The molecule has 0 amide bonds. The molecule has 0 spiro atoms. The molecule has 1 atom stereocenters. The summed E-state index contributed by atoms with van der Waals surface area (Å²) < 4.78 is 5.63. The average molecular weight is 284 g/mol. The molecule has 0 saturated heterocycles. The van der Waals surface area contributed by atoms with Gasteiger partial charge in [0, 0.05) is 35.8 Å². The van der Waals surface area contributed by atoms with Gasteiger partial charge < -0.3 is 20.9 Å². The summed E-state index contributed by atoms with van der Waals surface area (Å²) in [6, 6.07) is 5.53. The minimum atomic E-state index is -0.747. The highest BCUT2D eigenvalue weighted by molar-refractivity contribution is 7.98. The van der Waals surface area contributed by atoms with Crippen molar-refractivity contribution in [3.63, 3.8) is 0 Å². The van der Waals surface area contributed by atoms with Gasteiger partial charge in [-0.15, -0.1) is 0 Å². The summed E-state index contributed by atoms with van der Waals surface area (Å²) in [5, 5.41) is 13.3. The molecule has 0 aromatic heterocycles. The minimum absolute atomic E-state index is 0.106. The van der Waals surface area contributed by atoms with Crippen molar-refractivity contribution >= 4 is 23.1 Å². The van der Waals surface area contributed by atoms with E-state index >= 15 is 0 Å². The topological polar surface area (TPSA) is 67.5 Å². The van der Waals surface area contributed by atoms with E-state index in [1.54, 1.807) is 17.8 Å². The third-order valence-corrected chi connectivity index (χ3v) is 3.34. The van der Waals surface area contributed by atoms with Crippen LogP contribution >= 0.6 is 11.8 Å². The Morgan fingerprint density at radius 1 is 1.42 bits per heavy atom. The van der Waals surface area contributed by atoms with Gasteiger partial charge in [-0.25, -0.2) is 0 Å². The van der Waals surface area contributed by atoms with E-state index in [1.165, 1.54) is 0 Å². The number of nitrogen functional groups attached to an aromatic ring is 1. The van der Waals surface area contributed by atoms with Crippen molar-refractivity contribution in [3.8, 4) is 5.75 Å². The third-order valence-electron chi connectivity index (χ3n) is 2.43. The van der Waals surface area contributed by atoms with Crippen LogP contribution in [0, 0.1) is 0 Å². The van der Waals surface area contributed by atoms with Crippen LogP contribution in [-0.4, -0.2) is 35.4 Å². The highest BCUT2D eigenvalue weighted by Crippen LogP contribution is 2.24. The summed E-state index contributed by atoms with van der Waals surface area (Å²) in [7, 11) is 0. The smallest absolute Gasteiger partial charge is 0.123 e. The fraction of sp³-hybridized carbons (Fsp3) is 0.571. The molecule has 1 rings (SSSR count). The Morgan fingerprint density at radius 3 is 2.68 bits per heavy atom. The molecule has 0 aliphatic heterocycles. The van der Waals surface area contributed by atoms with Gasteiger partial charge in [0.1, 0.15) is 5.75 Å². The Hall–Kier alpha value is -1.07. The van der Waals surface area contributed by atoms with Crippen LogP contribution in [0.5, 0.6) is 5.75 Å². The predicted octanol–water partition coefficient (Wildman–Crippen LogP) is 2.58. The zero-order chi connectivity index (χ0) is 14.5. The first-order valence-corrected chi connectivity index (χ1v) is 7.74. The summed E-state index contributed by atoms with van der Waals surface area (Å²) in [5.41, 5.74) is 6.60. The molecule has 0 saturated carbocycles. The zero-order valence-electron chi connectivity index (χ0n) is 12.1. The molecule has 0 radical (unpaired) electrons. The number of thioether (sulfide) groups is 1. The van der Waals surface area contributed by atoms with Crippen LogP contribution in [0.2, 0.25) is 0 Å². The SMILES string of the molecule is CSCC(C)(O)CNc1cc(N)cc(OC(C)C)c1. The Bertz CT molecular complexity index is 408. The lowest BCUT2D eigenvalue weighted by molar-refractivity contribution is 0.0997. The number of rotatable bonds is 7. The summed E-state index contributed by atoms with van der Waals surface area (Å²) in [6.45, 7) is 6.23. The Labute approximate surface area is 119 Å². The zero-order valence-corrected chi connectivity index (χ0v) is 12.9. The molecule has 1 unspecified atom stereocenters. The van der Waals surface area contributed by atoms with E-state index in [1.807, 2.05) is 39.2 Å². The fourth-order valence-corrected chi connectivity index (χ4v) is 2.44. The molecule has 0 aliphatic carbocycles. The number of hydrogen-bond donors (Lipinski definition) is 3. The maximum Gasteiger partial charge on any atom is 0.123 e. The van der Waals surface area contributed by atoms with E-state index in [9.17, 15) is 5.11 Å². The van der Waals surface area contributed by atoms with Crippen LogP contribution in [-0.2, 0) is 0 Å². The predicted molar refractivity (Wildman–Crippen MR) is 84.1 cm³/mol. The van der Waals surface area contributed by atoms with Crippen molar-refractivity contribution in [2.75, 3.05) is 29.6 Å². The van der Waals surface area contributed by atoms with Gasteiger partial charge in [-0.2, -0.15) is 11.8 Å². The summed E-state index contributed by atoms with van der Waals surface area (Å²) in [5.74, 6) is 1.42. The molecular weight excluding hydrogens is 260 g/mol. The lowest BCUT2D eigenvalue weighted by Crippen LogP contribution is -2.36. The summed E-state index contributed by atoms with van der Waals surface area (Å²) in [6.07, 6.45) is 2.08. The summed E-state index contributed by atoms with van der Waals surface area (Å²) in [4.78, 5) is 0. The van der Waals surface area contributed by atoms with Crippen LogP contribution in [0.15, 0.2) is 18.2 Å². The van der Waals surface area contributed by atoms with Crippen LogP contribution in [0.25, 0.3) is 0 Å². The molecule has 1 aromatic rings. The average Bonchev–Trinajstić information content (AvgIpc) is 2.24. The van der Waals surface area contributed by atoms with E-state index in [2.05, 4.69) is 5.32 Å². The maximum atomic E-state index is 10.1. The lowest BCUT2D eigenvalue weighted by Gasteiger charge is -2.23. The first-order chi connectivity index (χ1) is 8.82. The van der Waals surface area contributed by atoms with Crippen molar-refractivity contribution in [1.29, 1.82) is 0 Å². The number of aliphatic hydroxyl groups is 1. The second-order valence-electron chi connectivity index (χ2n) is 5.24. The first kappa shape index (κ1) is 16.0. The largest absolute Gasteiger partial charge is 0.491 e. The fourth-order valence-electron chi connectivity index (χ4n) is 1.72. The molecule has 108 valence electrons. The lowest BCUT2D eigenvalue weighted by atomic mass is 10.1. The maximum absolute atomic E-state index is 10.1. The van der Waals surface area contributed by atoms with Crippen LogP contribution < -0.4 is 15.8 Å². The summed E-state index contributed by atoms with van der Waals surface area (Å²) >= 11 is 1.62. The monoisotopic (exact) mass is 284 g/mol. The van der Waals surface area contributed by atoms with Gasteiger partial charge in [0.15, 0.2) is 0 Å². The highest BCUT2D eigenvalue weighted by atomic mass is 32.2. The van der Waals surface area contributed by atoms with E-state index in [-0.39, 0.29) is 6.10 Å². The normalized spacial score (nSPS) is 14.2. The van der Waals surface area contributed by atoms with Gasteiger partial charge in [-0.1, -0.05) is 0 Å². The van der Waals surface area contributed by atoms with E-state index < -0.39 is 5.60 Å². The second-order valence-corrected chi connectivity index (χ2v) is 6.11. The Balaban J connectivity index is 2.70. The molecular formula is C14H24N2O2S. The van der Waals surface area contributed by atoms with Gasteiger partial charge >= 0.3 is 0 Å². The Kier molecular flexibility index (Phi) is 5.82. The molecule has 5 heteroatoms. The number of nitrogens with two attached hydrogens (primary N) is 1. The van der Waals surface area contributed by atoms with Gasteiger partial charge in [0.05, 0.1) is 11.7 Å². The first-order valence-electron chi connectivity index (χ1n) is 6.35. The van der Waals surface area contributed by atoms with Crippen molar-refractivity contribution in [3.05, 3.63) is 18.2 Å². The number of benzene rings is 1. The van der Waals surface area contributed by atoms with Crippen molar-refractivity contribution in [1.82, 2.24) is 0 Å². The van der Waals surface area contributed by atoms with E-state index in [4.69, 9.17) is 10.5 Å². The van der Waals surface area contributed by atoms with Crippen molar-refractivity contribution in [2.45, 2.75) is 32.5 Å². The molecule has 4 nitrogen and oxygen atoms in total. The molecule has 1 aromatic carbocycles. The van der Waals surface area contributed by atoms with Crippen LogP contribution in [0.3, 0.4) is 0 Å². The molecule has 19 heavy (non-hydrogen) atoms. The minimum Gasteiger partial charge on any atom is -0.491 e. The Morgan fingerprint density at radius 2 is 2.11 bits per heavy atom. The number of hydrogen-bond acceptors (Lipinski definition) is 5. The van der Waals surface area contributed by atoms with Crippen LogP contribution in [0.1, 0.15) is 20.8 Å².